The molecule has 4 aromatic rings. The van der Waals surface area contributed by atoms with Crippen molar-refractivity contribution in [3.63, 3.8) is 0 Å². The third-order valence-corrected chi connectivity index (χ3v) is 5.05. The average Bonchev–Trinajstić information content (AvgIpc) is 3.19. The van der Waals surface area contributed by atoms with Gasteiger partial charge < -0.3 is 10.1 Å². The van der Waals surface area contributed by atoms with Gasteiger partial charge in [0.2, 0.25) is 0 Å². The number of benzene rings is 1. The van der Waals surface area contributed by atoms with Crippen LogP contribution in [0.4, 0.5) is 11.5 Å². The summed E-state index contributed by atoms with van der Waals surface area (Å²) >= 11 is 0. The maximum Gasteiger partial charge on any atom is 0.183 e. The Morgan fingerprint density at radius 3 is 2.80 bits per heavy atom. The molecule has 0 aliphatic carbocycles. The number of hydrogen-bond acceptors (Lipinski definition) is 8. The molecule has 1 aliphatic rings. The van der Waals surface area contributed by atoms with Crippen molar-refractivity contribution in [1.82, 2.24) is 34.8 Å². The minimum atomic E-state index is 0.00728. The maximum absolute atomic E-state index is 5.98. The standard InChI is InChI=1S/C21H22N8O/c1-2-6-16(7-3-1)25-20-19-21(24-15-23-20)29(27-26-19)14-18-13-28(10-11-30-18)12-17-8-4-5-9-22-17/h1-9,15,18H,10-14H2,(H,23,24,25)/t18-/m0/s1. The molecule has 1 aromatic carbocycles. The van der Waals surface area contributed by atoms with E-state index in [1.54, 1.807) is 4.68 Å². The summed E-state index contributed by atoms with van der Waals surface area (Å²) in [4.78, 5) is 15.5. The molecule has 5 rings (SSSR count). The zero-order valence-corrected chi connectivity index (χ0v) is 16.4. The number of hydrogen-bond donors (Lipinski definition) is 1. The van der Waals surface area contributed by atoms with Crippen molar-refractivity contribution in [1.29, 1.82) is 0 Å². The van der Waals surface area contributed by atoms with Crippen molar-refractivity contribution in [2.45, 2.75) is 19.2 Å². The second-order valence-electron chi connectivity index (χ2n) is 7.21. The summed E-state index contributed by atoms with van der Waals surface area (Å²) in [5, 5.41) is 11.9. The number of aromatic nitrogens is 6. The summed E-state index contributed by atoms with van der Waals surface area (Å²) < 4.78 is 7.78. The Morgan fingerprint density at radius 1 is 1.03 bits per heavy atom. The lowest BCUT2D eigenvalue weighted by molar-refractivity contribution is -0.0402. The number of anilines is 2. The van der Waals surface area contributed by atoms with E-state index in [-0.39, 0.29) is 6.10 Å². The first kappa shape index (κ1) is 18.6. The van der Waals surface area contributed by atoms with E-state index >= 15 is 0 Å². The lowest BCUT2D eigenvalue weighted by Gasteiger charge is -2.32. The fourth-order valence-corrected chi connectivity index (χ4v) is 3.61. The topological polar surface area (TPSA) is 93.9 Å². The van der Waals surface area contributed by atoms with E-state index in [1.807, 2.05) is 54.7 Å². The Morgan fingerprint density at radius 2 is 1.93 bits per heavy atom. The summed E-state index contributed by atoms with van der Waals surface area (Å²) in [6.07, 6.45) is 3.37. The van der Waals surface area contributed by atoms with E-state index in [9.17, 15) is 0 Å². The third kappa shape index (κ3) is 4.12. The van der Waals surface area contributed by atoms with Crippen LogP contribution in [0.3, 0.4) is 0 Å². The average molecular weight is 402 g/mol. The molecule has 1 aliphatic heterocycles. The Kier molecular flexibility index (Phi) is 5.28. The van der Waals surface area contributed by atoms with Gasteiger partial charge in [-0.2, -0.15) is 0 Å². The SMILES string of the molecule is c1ccc(Nc2ncnc3c2nnn3C[C@@H]2CN(Cc3ccccn3)CCO2)cc1. The first-order chi connectivity index (χ1) is 14.8. The van der Waals surface area contributed by atoms with Crippen LogP contribution in [-0.2, 0) is 17.8 Å². The fourth-order valence-electron chi connectivity index (χ4n) is 3.61. The van der Waals surface area contributed by atoms with E-state index < -0.39 is 0 Å². The van der Waals surface area contributed by atoms with Crippen molar-refractivity contribution in [2.75, 3.05) is 25.0 Å². The predicted molar refractivity (Wildman–Crippen MR) is 112 cm³/mol. The van der Waals surface area contributed by atoms with Gasteiger partial charge in [-0.05, 0) is 24.3 Å². The molecule has 1 fully saturated rings. The number of fused-ring (bicyclic) bond motifs is 1. The molecule has 3 aromatic heterocycles. The first-order valence-corrected chi connectivity index (χ1v) is 9.95. The summed E-state index contributed by atoms with van der Waals surface area (Å²) in [5.41, 5.74) is 3.33. The Hall–Kier alpha value is -3.43. The molecule has 0 unspecified atom stereocenters. The Labute approximate surface area is 173 Å². The normalized spacial score (nSPS) is 17.3. The number of morpholine rings is 1. The molecular weight excluding hydrogens is 380 g/mol. The highest BCUT2D eigenvalue weighted by Crippen LogP contribution is 2.21. The maximum atomic E-state index is 5.98. The van der Waals surface area contributed by atoms with Crippen molar-refractivity contribution >= 4 is 22.7 Å². The summed E-state index contributed by atoms with van der Waals surface area (Å²) in [6, 6.07) is 15.9. The summed E-state index contributed by atoms with van der Waals surface area (Å²) in [6.45, 7) is 3.76. The number of rotatable bonds is 6. The highest BCUT2D eigenvalue weighted by Gasteiger charge is 2.23. The van der Waals surface area contributed by atoms with Crippen LogP contribution in [-0.4, -0.2) is 60.6 Å². The van der Waals surface area contributed by atoms with Crippen molar-refractivity contribution in [3.8, 4) is 0 Å². The molecule has 0 saturated carbocycles. The van der Waals surface area contributed by atoms with Gasteiger partial charge in [0, 0.05) is 31.5 Å². The fraction of sp³-hybridized carbons (Fsp3) is 0.286. The molecule has 1 N–H and O–H groups in total. The van der Waals surface area contributed by atoms with Gasteiger partial charge in [-0.15, -0.1) is 5.10 Å². The molecule has 0 spiro atoms. The second-order valence-corrected chi connectivity index (χ2v) is 7.21. The minimum Gasteiger partial charge on any atom is -0.374 e. The van der Waals surface area contributed by atoms with Gasteiger partial charge in [-0.25, -0.2) is 14.6 Å². The predicted octanol–water partition coefficient (Wildman–Crippen LogP) is 2.26. The number of para-hydroxylation sites is 1. The van der Waals surface area contributed by atoms with Gasteiger partial charge >= 0.3 is 0 Å². The smallest absolute Gasteiger partial charge is 0.183 e. The minimum absolute atomic E-state index is 0.00728. The van der Waals surface area contributed by atoms with Gasteiger partial charge in [-0.3, -0.25) is 9.88 Å². The lowest BCUT2D eigenvalue weighted by Crippen LogP contribution is -2.44. The number of nitrogens with zero attached hydrogens (tertiary/aromatic N) is 7. The number of nitrogens with one attached hydrogen (secondary N) is 1. The second kappa shape index (κ2) is 8.52. The van der Waals surface area contributed by atoms with Crippen LogP contribution in [0.5, 0.6) is 0 Å². The highest BCUT2D eigenvalue weighted by molar-refractivity contribution is 5.84. The first-order valence-electron chi connectivity index (χ1n) is 9.95. The van der Waals surface area contributed by atoms with Crippen LogP contribution in [0, 0.1) is 0 Å². The molecule has 0 amide bonds. The molecule has 9 heteroatoms. The van der Waals surface area contributed by atoms with Gasteiger partial charge in [0.25, 0.3) is 0 Å². The van der Waals surface area contributed by atoms with Gasteiger partial charge in [-0.1, -0.05) is 29.5 Å². The van der Waals surface area contributed by atoms with Crippen LogP contribution in [0.25, 0.3) is 11.2 Å². The molecule has 0 bridgehead atoms. The molecule has 30 heavy (non-hydrogen) atoms. The van der Waals surface area contributed by atoms with Gasteiger partial charge in [0.1, 0.15) is 6.33 Å². The van der Waals surface area contributed by atoms with E-state index in [0.29, 0.717) is 30.1 Å². The van der Waals surface area contributed by atoms with Crippen molar-refractivity contribution < 1.29 is 4.74 Å². The summed E-state index contributed by atoms with van der Waals surface area (Å²) in [7, 11) is 0. The van der Waals surface area contributed by atoms with E-state index in [2.05, 4.69) is 35.5 Å². The lowest BCUT2D eigenvalue weighted by atomic mass is 10.2. The van der Waals surface area contributed by atoms with Crippen LogP contribution >= 0.6 is 0 Å². The molecule has 1 atom stereocenters. The molecule has 9 nitrogen and oxygen atoms in total. The Balaban J connectivity index is 1.30. The van der Waals surface area contributed by atoms with Crippen LogP contribution in [0.15, 0.2) is 61.1 Å². The highest BCUT2D eigenvalue weighted by atomic mass is 16.5. The quantitative estimate of drug-likeness (QED) is 0.525. The van der Waals surface area contributed by atoms with Crippen molar-refractivity contribution in [3.05, 3.63) is 66.7 Å². The molecular formula is C21H22N8O. The zero-order chi connectivity index (χ0) is 20.2. The summed E-state index contributed by atoms with van der Waals surface area (Å²) in [5.74, 6) is 0.638. The molecule has 1 saturated heterocycles. The molecule has 152 valence electrons. The van der Waals surface area contributed by atoms with Crippen LogP contribution in [0.2, 0.25) is 0 Å². The van der Waals surface area contributed by atoms with Crippen LogP contribution in [0.1, 0.15) is 5.69 Å². The largest absolute Gasteiger partial charge is 0.374 e. The van der Waals surface area contributed by atoms with E-state index in [1.165, 1.54) is 6.33 Å². The van der Waals surface area contributed by atoms with Gasteiger partial charge in [0.05, 0.1) is 24.9 Å². The Bertz CT molecular complexity index is 1100. The third-order valence-electron chi connectivity index (χ3n) is 5.05. The molecule has 0 radical (unpaired) electrons. The zero-order valence-electron chi connectivity index (χ0n) is 16.4. The van der Waals surface area contributed by atoms with Crippen molar-refractivity contribution in [2.24, 2.45) is 0 Å². The van der Waals surface area contributed by atoms with Gasteiger partial charge in [0.15, 0.2) is 17.0 Å². The number of pyridine rings is 1. The van der Waals surface area contributed by atoms with E-state index in [0.717, 1.165) is 31.0 Å². The number of ether oxygens (including phenoxy) is 1. The van der Waals surface area contributed by atoms with Crippen LogP contribution < -0.4 is 5.32 Å². The van der Waals surface area contributed by atoms with E-state index in [4.69, 9.17) is 4.74 Å². The monoisotopic (exact) mass is 402 g/mol. The molecule has 4 heterocycles.